The SMILES string of the molecule is O=C(CCc1cccnc1)NC1(c2ccccc2)CCC1. The smallest absolute Gasteiger partial charge is 0.221 e. The van der Waals surface area contributed by atoms with Crippen molar-refractivity contribution >= 4 is 5.91 Å². The molecule has 1 heterocycles. The molecule has 0 spiro atoms. The van der Waals surface area contributed by atoms with E-state index in [4.69, 9.17) is 0 Å². The first-order valence-corrected chi connectivity index (χ1v) is 7.54. The number of aromatic nitrogens is 1. The molecule has 21 heavy (non-hydrogen) atoms. The summed E-state index contributed by atoms with van der Waals surface area (Å²) in [6.07, 6.45) is 8.08. The van der Waals surface area contributed by atoms with Crippen LogP contribution in [0.2, 0.25) is 0 Å². The van der Waals surface area contributed by atoms with Crippen LogP contribution in [-0.4, -0.2) is 10.9 Å². The predicted molar refractivity (Wildman–Crippen MR) is 82.7 cm³/mol. The maximum atomic E-state index is 12.3. The highest BCUT2D eigenvalue weighted by atomic mass is 16.1. The molecular formula is C18H20N2O. The number of rotatable bonds is 5. The molecule has 0 aliphatic heterocycles. The summed E-state index contributed by atoms with van der Waals surface area (Å²) in [4.78, 5) is 16.3. The van der Waals surface area contributed by atoms with Crippen molar-refractivity contribution < 1.29 is 4.79 Å². The summed E-state index contributed by atoms with van der Waals surface area (Å²) in [5.74, 6) is 0.127. The summed E-state index contributed by atoms with van der Waals surface area (Å²) < 4.78 is 0. The van der Waals surface area contributed by atoms with E-state index in [0.29, 0.717) is 6.42 Å². The highest BCUT2D eigenvalue weighted by Crippen LogP contribution is 2.41. The van der Waals surface area contributed by atoms with Crippen LogP contribution in [0.25, 0.3) is 0 Å². The fraction of sp³-hybridized carbons (Fsp3) is 0.333. The standard InChI is InChI=1S/C18H20N2O/c21-17(10-9-15-6-4-13-19-14-15)20-18(11-5-12-18)16-7-2-1-3-8-16/h1-4,6-8,13-14H,5,9-12H2,(H,20,21). The second kappa shape index (κ2) is 6.08. The Hall–Kier alpha value is -2.16. The third-order valence-electron chi connectivity index (χ3n) is 4.28. The summed E-state index contributed by atoms with van der Waals surface area (Å²) in [6, 6.07) is 14.2. The molecular weight excluding hydrogens is 260 g/mol. The number of benzene rings is 1. The number of hydrogen-bond acceptors (Lipinski definition) is 2. The molecule has 3 nitrogen and oxygen atoms in total. The van der Waals surface area contributed by atoms with E-state index in [1.54, 1.807) is 6.20 Å². The van der Waals surface area contributed by atoms with Gasteiger partial charge in [0.1, 0.15) is 0 Å². The van der Waals surface area contributed by atoms with Crippen LogP contribution in [-0.2, 0) is 16.8 Å². The second-order valence-electron chi connectivity index (χ2n) is 5.71. The Morgan fingerprint density at radius 2 is 1.95 bits per heavy atom. The zero-order valence-corrected chi connectivity index (χ0v) is 12.1. The van der Waals surface area contributed by atoms with Gasteiger partial charge in [-0.15, -0.1) is 0 Å². The Bertz CT molecular complexity index is 591. The van der Waals surface area contributed by atoms with Gasteiger partial charge in [-0.1, -0.05) is 36.4 Å². The fourth-order valence-electron chi connectivity index (χ4n) is 2.91. The number of nitrogens with one attached hydrogen (secondary N) is 1. The van der Waals surface area contributed by atoms with E-state index in [-0.39, 0.29) is 11.4 Å². The van der Waals surface area contributed by atoms with Crippen LogP contribution in [0.3, 0.4) is 0 Å². The van der Waals surface area contributed by atoms with Crippen molar-refractivity contribution in [2.24, 2.45) is 0 Å². The van der Waals surface area contributed by atoms with Crippen molar-refractivity contribution in [3.8, 4) is 0 Å². The number of amides is 1. The minimum Gasteiger partial charge on any atom is -0.347 e. The zero-order chi connectivity index (χ0) is 14.5. The molecule has 3 heteroatoms. The van der Waals surface area contributed by atoms with Crippen LogP contribution in [0.4, 0.5) is 0 Å². The van der Waals surface area contributed by atoms with Gasteiger partial charge in [-0.2, -0.15) is 0 Å². The topological polar surface area (TPSA) is 42.0 Å². The molecule has 108 valence electrons. The van der Waals surface area contributed by atoms with Gasteiger partial charge in [-0.25, -0.2) is 0 Å². The minimum absolute atomic E-state index is 0.127. The molecule has 1 aliphatic rings. The van der Waals surface area contributed by atoms with Crippen molar-refractivity contribution in [1.29, 1.82) is 0 Å². The first-order valence-electron chi connectivity index (χ1n) is 7.54. The molecule has 1 aromatic carbocycles. The lowest BCUT2D eigenvalue weighted by atomic mass is 9.71. The van der Waals surface area contributed by atoms with Gasteiger partial charge >= 0.3 is 0 Å². The summed E-state index contributed by atoms with van der Waals surface area (Å²) in [5.41, 5.74) is 2.20. The van der Waals surface area contributed by atoms with Crippen LogP contribution in [0.15, 0.2) is 54.9 Å². The molecule has 1 fully saturated rings. The van der Waals surface area contributed by atoms with E-state index in [9.17, 15) is 4.79 Å². The highest BCUT2D eigenvalue weighted by molar-refractivity contribution is 5.77. The van der Waals surface area contributed by atoms with Crippen molar-refractivity contribution in [2.45, 2.75) is 37.6 Å². The Labute approximate surface area is 125 Å². The van der Waals surface area contributed by atoms with Crippen molar-refractivity contribution in [2.75, 3.05) is 0 Å². The molecule has 1 saturated carbocycles. The maximum absolute atomic E-state index is 12.3. The van der Waals surface area contributed by atoms with Gasteiger partial charge in [0, 0.05) is 18.8 Å². The number of carbonyl (C=O) groups excluding carboxylic acids is 1. The summed E-state index contributed by atoms with van der Waals surface area (Å²) in [7, 11) is 0. The van der Waals surface area contributed by atoms with Gasteiger partial charge in [0.15, 0.2) is 0 Å². The molecule has 1 aromatic heterocycles. The van der Waals surface area contributed by atoms with Gasteiger partial charge in [0.25, 0.3) is 0 Å². The predicted octanol–water partition coefficient (Wildman–Crippen LogP) is 3.21. The monoisotopic (exact) mass is 280 g/mol. The third-order valence-corrected chi connectivity index (χ3v) is 4.28. The normalized spacial score (nSPS) is 16.0. The number of nitrogens with zero attached hydrogens (tertiary/aromatic N) is 1. The quantitative estimate of drug-likeness (QED) is 0.913. The van der Waals surface area contributed by atoms with Gasteiger partial charge in [0.2, 0.25) is 5.91 Å². The van der Waals surface area contributed by atoms with Crippen LogP contribution >= 0.6 is 0 Å². The van der Waals surface area contributed by atoms with Crippen LogP contribution in [0, 0.1) is 0 Å². The third kappa shape index (κ3) is 3.13. The van der Waals surface area contributed by atoms with E-state index in [1.807, 2.05) is 36.5 Å². The van der Waals surface area contributed by atoms with Gasteiger partial charge < -0.3 is 5.32 Å². The van der Waals surface area contributed by atoms with E-state index in [1.165, 1.54) is 12.0 Å². The average Bonchev–Trinajstić information content (AvgIpc) is 2.51. The summed E-state index contributed by atoms with van der Waals surface area (Å²) in [6.45, 7) is 0. The van der Waals surface area contributed by atoms with Crippen molar-refractivity contribution in [3.63, 3.8) is 0 Å². The van der Waals surface area contributed by atoms with Gasteiger partial charge in [-0.05, 0) is 42.9 Å². The molecule has 1 amide bonds. The van der Waals surface area contributed by atoms with E-state index >= 15 is 0 Å². The summed E-state index contributed by atoms with van der Waals surface area (Å²) in [5, 5.41) is 3.26. The molecule has 0 bridgehead atoms. The van der Waals surface area contributed by atoms with Crippen molar-refractivity contribution in [1.82, 2.24) is 10.3 Å². The van der Waals surface area contributed by atoms with Crippen LogP contribution in [0.1, 0.15) is 36.8 Å². The lowest BCUT2D eigenvalue weighted by Crippen LogP contribution is -2.50. The van der Waals surface area contributed by atoms with E-state index in [0.717, 1.165) is 24.8 Å². The van der Waals surface area contributed by atoms with E-state index < -0.39 is 0 Å². The average molecular weight is 280 g/mol. The molecule has 0 unspecified atom stereocenters. The molecule has 1 N–H and O–H groups in total. The molecule has 0 radical (unpaired) electrons. The number of carbonyl (C=O) groups is 1. The first kappa shape index (κ1) is 13.8. The Morgan fingerprint density at radius 1 is 1.14 bits per heavy atom. The lowest BCUT2D eigenvalue weighted by Gasteiger charge is -2.43. The summed E-state index contributed by atoms with van der Waals surface area (Å²) >= 11 is 0. The number of hydrogen-bond donors (Lipinski definition) is 1. The van der Waals surface area contributed by atoms with Crippen LogP contribution < -0.4 is 5.32 Å². The lowest BCUT2D eigenvalue weighted by molar-refractivity contribution is -0.124. The largest absolute Gasteiger partial charge is 0.347 e. The Morgan fingerprint density at radius 3 is 2.57 bits per heavy atom. The highest BCUT2D eigenvalue weighted by Gasteiger charge is 2.39. The molecule has 3 rings (SSSR count). The molecule has 2 aromatic rings. The maximum Gasteiger partial charge on any atom is 0.221 e. The molecule has 0 saturated heterocycles. The number of pyridine rings is 1. The minimum atomic E-state index is -0.132. The number of aryl methyl sites for hydroxylation is 1. The van der Waals surface area contributed by atoms with Crippen LogP contribution in [0.5, 0.6) is 0 Å². The van der Waals surface area contributed by atoms with Crippen molar-refractivity contribution in [3.05, 3.63) is 66.0 Å². The second-order valence-corrected chi connectivity index (χ2v) is 5.71. The Balaban J connectivity index is 1.61. The first-order chi connectivity index (χ1) is 10.3. The molecule has 1 aliphatic carbocycles. The zero-order valence-electron chi connectivity index (χ0n) is 12.1. The fourth-order valence-corrected chi connectivity index (χ4v) is 2.91. The van der Waals surface area contributed by atoms with Gasteiger partial charge in [-0.3, -0.25) is 9.78 Å². The van der Waals surface area contributed by atoms with Gasteiger partial charge in [0.05, 0.1) is 5.54 Å². The Kier molecular flexibility index (Phi) is 4.00. The van der Waals surface area contributed by atoms with E-state index in [2.05, 4.69) is 22.4 Å². The molecule has 0 atom stereocenters.